The van der Waals surface area contributed by atoms with Crippen molar-refractivity contribution in [1.82, 2.24) is 0 Å². The molecule has 6 aromatic rings. The molecule has 0 heterocycles. The molecule has 0 aliphatic heterocycles. The smallest absolute Gasteiger partial charge is 0.871 e. The minimum absolute atomic E-state index is 0. The van der Waals surface area contributed by atoms with E-state index >= 15 is 0 Å². The van der Waals surface area contributed by atoms with Crippen LogP contribution in [0.5, 0.6) is 23.0 Å². The standard InChI is InChI=1S/C17H13N3O4.C16H11N3O4.Cr/c1-10-8-13(17(22)14(9-10)20(23)24)18-19-16-12-5-3-2-4-11(12)6-7-15(16)21;20-14-8-5-10-3-1-2-4-12(10)16(14)18-17-13-7-6-11(19(22)23)9-15(13)21;/h2-9,21-22H,1H3;1-9,20-21H;/q;;+3/p-3. The van der Waals surface area contributed by atoms with E-state index in [1.165, 1.54) is 30.3 Å². The Balaban J connectivity index is 0.000000212. The quantitative estimate of drug-likeness (QED) is 0.105. The Morgan fingerprint density at radius 1 is 0.604 bits per heavy atom. The SMILES string of the molecule is Cc1cc(N=Nc2c(O)ccc3ccccc23)c([O-])c([N+](=O)[O-])c1.O=[N+]([O-])c1ccc(N=Nc2c([O-])ccc3ccccc23)c([O-])c1.[Cr+3]. The van der Waals surface area contributed by atoms with Crippen LogP contribution < -0.4 is 15.3 Å². The van der Waals surface area contributed by atoms with Crippen LogP contribution in [0, 0.1) is 27.2 Å². The molecule has 6 aromatic carbocycles. The van der Waals surface area contributed by atoms with Crippen molar-refractivity contribution in [1.29, 1.82) is 0 Å². The molecule has 0 bridgehead atoms. The van der Waals surface area contributed by atoms with Crippen LogP contribution in [-0.4, -0.2) is 15.0 Å². The molecule has 0 saturated heterocycles. The van der Waals surface area contributed by atoms with Gasteiger partial charge in [0.05, 0.1) is 26.9 Å². The Hall–Kier alpha value is -6.43. The number of nitrogens with zero attached hydrogens (tertiary/aromatic N) is 6. The zero-order valence-corrected chi connectivity index (χ0v) is 26.0. The Labute approximate surface area is 282 Å². The van der Waals surface area contributed by atoms with Gasteiger partial charge in [0.1, 0.15) is 11.4 Å². The Morgan fingerprint density at radius 3 is 1.81 bits per heavy atom. The van der Waals surface area contributed by atoms with Crippen LogP contribution in [0.2, 0.25) is 0 Å². The number of rotatable bonds is 6. The van der Waals surface area contributed by atoms with Crippen LogP contribution in [-0.2, 0) is 17.4 Å². The Morgan fingerprint density at radius 2 is 1.19 bits per heavy atom. The fourth-order valence-corrected chi connectivity index (χ4v) is 4.54. The van der Waals surface area contributed by atoms with Gasteiger partial charge in [0.25, 0.3) is 11.4 Å². The fraction of sp³-hybridized carbons (Fsp3) is 0.0303. The van der Waals surface area contributed by atoms with Gasteiger partial charge in [-0.25, -0.2) is 0 Å². The van der Waals surface area contributed by atoms with Gasteiger partial charge in [-0.1, -0.05) is 78.2 Å². The topological polar surface area (TPSA) is 225 Å². The number of aromatic hydroxyl groups is 1. The molecule has 0 aliphatic carbocycles. The van der Waals surface area contributed by atoms with E-state index in [1.54, 1.807) is 43.3 Å². The maximum Gasteiger partial charge on any atom is 3.00 e. The van der Waals surface area contributed by atoms with Crippen molar-refractivity contribution in [3.05, 3.63) is 129 Å². The molecule has 14 nitrogen and oxygen atoms in total. The van der Waals surface area contributed by atoms with Gasteiger partial charge >= 0.3 is 17.4 Å². The number of nitro groups is 2. The monoisotopic (exact) mass is 681 g/mol. The van der Waals surface area contributed by atoms with Gasteiger partial charge in [-0.15, -0.1) is 5.11 Å². The minimum Gasteiger partial charge on any atom is -0.871 e. The van der Waals surface area contributed by atoms with Crippen LogP contribution in [0.1, 0.15) is 5.56 Å². The number of hydrogen-bond donors (Lipinski definition) is 1. The number of phenols is 1. The van der Waals surface area contributed by atoms with E-state index in [1.807, 2.05) is 24.3 Å². The maximum atomic E-state index is 12.1. The first kappa shape index (κ1) is 34.4. The van der Waals surface area contributed by atoms with Crippen LogP contribution in [0.15, 0.2) is 124 Å². The molecule has 48 heavy (non-hydrogen) atoms. The predicted octanol–water partition coefficient (Wildman–Crippen LogP) is 7.56. The maximum absolute atomic E-state index is 12.1. The second-order valence-corrected chi connectivity index (χ2v) is 9.99. The molecular formula is C33H21CrN6O8. The minimum atomic E-state index is -0.811. The van der Waals surface area contributed by atoms with Crippen LogP contribution >= 0.6 is 0 Å². The third kappa shape index (κ3) is 7.50. The fourth-order valence-electron chi connectivity index (χ4n) is 4.54. The molecule has 0 saturated carbocycles. The summed E-state index contributed by atoms with van der Waals surface area (Å²) in [5.41, 5.74) is -0.221. The second kappa shape index (κ2) is 14.8. The van der Waals surface area contributed by atoms with Gasteiger partial charge in [-0.2, -0.15) is 15.3 Å². The van der Waals surface area contributed by atoms with E-state index < -0.39 is 27.0 Å². The van der Waals surface area contributed by atoms with E-state index in [4.69, 9.17) is 0 Å². The number of non-ortho nitro benzene ring substituents is 1. The van der Waals surface area contributed by atoms with Gasteiger partial charge in [0.2, 0.25) is 0 Å². The first-order chi connectivity index (χ1) is 22.5. The molecule has 0 spiro atoms. The Kier molecular flexibility index (Phi) is 10.6. The van der Waals surface area contributed by atoms with Crippen molar-refractivity contribution >= 4 is 55.7 Å². The number of aryl methyl sites for hydroxylation is 1. The Bertz CT molecular complexity index is 2240. The van der Waals surface area contributed by atoms with Gasteiger partial charge in [0.15, 0.2) is 0 Å². The summed E-state index contributed by atoms with van der Waals surface area (Å²) in [7, 11) is 0. The van der Waals surface area contributed by atoms with Crippen molar-refractivity contribution in [2.24, 2.45) is 20.5 Å². The summed E-state index contributed by atoms with van der Waals surface area (Å²) in [6, 6.07) is 26.6. The van der Waals surface area contributed by atoms with Crippen LogP contribution in [0.25, 0.3) is 21.5 Å². The molecule has 1 N–H and O–H groups in total. The normalized spacial score (nSPS) is 10.9. The zero-order valence-electron chi connectivity index (χ0n) is 24.7. The molecule has 1 radical (unpaired) electrons. The van der Waals surface area contributed by atoms with Gasteiger partial charge < -0.3 is 20.4 Å². The summed E-state index contributed by atoms with van der Waals surface area (Å²) < 4.78 is 0. The summed E-state index contributed by atoms with van der Waals surface area (Å²) in [6.07, 6.45) is 0. The number of fused-ring (bicyclic) bond motifs is 2. The number of azo groups is 2. The van der Waals surface area contributed by atoms with Crippen molar-refractivity contribution in [2.75, 3.05) is 0 Å². The first-order valence-corrected chi connectivity index (χ1v) is 13.7. The molecule has 0 aliphatic rings. The number of nitro benzene ring substituents is 2. The van der Waals surface area contributed by atoms with Gasteiger partial charge in [-0.05, 0) is 41.5 Å². The van der Waals surface area contributed by atoms with Crippen LogP contribution in [0.4, 0.5) is 34.1 Å². The predicted molar refractivity (Wildman–Crippen MR) is 167 cm³/mol. The molecular weight excluding hydrogens is 660 g/mol. The van der Waals surface area contributed by atoms with E-state index in [0.717, 1.165) is 22.9 Å². The number of hydrogen-bond acceptors (Lipinski definition) is 12. The van der Waals surface area contributed by atoms with E-state index in [2.05, 4.69) is 20.5 Å². The van der Waals surface area contributed by atoms with Crippen molar-refractivity contribution in [3.8, 4) is 23.0 Å². The van der Waals surface area contributed by atoms with Crippen molar-refractivity contribution in [3.63, 3.8) is 0 Å². The average Bonchev–Trinajstić information content (AvgIpc) is 3.05. The molecule has 6 rings (SSSR count). The van der Waals surface area contributed by atoms with Gasteiger partial charge in [-0.3, -0.25) is 20.2 Å². The third-order valence-corrected chi connectivity index (χ3v) is 6.80. The summed E-state index contributed by atoms with van der Waals surface area (Å²) in [6.45, 7) is 1.63. The summed E-state index contributed by atoms with van der Waals surface area (Å²) in [4.78, 5) is 20.1. The van der Waals surface area contributed by atoms with Gasteiger partial charge in [0, 0.05) is 34.7 Å². The molecule has 15 heteroatoms. The molecule has 0 aromatic heterocycles. The van der Waals surface area contributed by atoms with E-state index in [0.29, 0.717) is 16.3 Å². The van der Waals surface area contributed by atoms with E-state index in [9.17, 15) is 40.7 Å². The molecule has 0 atom stereocenters. The molecule has 0 fully saturated rings. The summed E-state index contributed by atoms with van der Waals surface area (Å²) in [5, 5.41) is 85.8. The average molecular weight is 682 g/mol. The van der Waals surface area contributed by atoms with Crippen molar-refractivity contribution in [2.45, 2.75) is 6.92 Å². The first-order valence-electron chi connectivity index (χ1n) is 13.7. The zero-order chi connectivity index (χ0) is 33.7. The number of benzene rings is 6. The second-order valence-electron chi connectivity index (χ2n) is 9.99. The summed E-state index contributed by atoms with van der Waals surface area (Å²) in [5.74, 6) is -1.85. The van der Waals surface area contributed by atoms with E-state index in [-0.39, 0.29) is 57.3 Å². The molecule has 0 amide bonds. The molecule has 0 unspecified atom stereocenters. The largest absolute Gasteiger partial charge is 3.00 e. The van der Waals surface area contributed by atoms with Crippen molar-refractivity contribution < 1.29 is 47.6 Å². The third-order valence-electron chi connectivity index (χ3n) is 6.80. The molecule has 237 valence electrons. The number of phenolic OH excluding ortho intramolecular Hbond substituents is 1. The van der Waals surface area contributed by atoms with Crippen LogP contribution in [0.3, 0.4) is 0 Å². The summed E-state index contributed by atoms with van der Waals surface area (Å²) >= 11 is 0.